The molecule has 0 aliphatic carbocycles. The topological polar surface area (TPSA) is 38.3 Å². The molecule has 0 spiro atoms. The SMILES string of the molecule is CCC(=O)NCc1ccc(OCC(C)C)cc1. The van der Waals surface area contributed by atoms with Crippen LogP contribution in [0.3, 0.4) is 0 Å². The number of ether oxygens (including phenoxy) is 1. The van der Waals surface area contributed by atoms with Crippen LogP contribution in [0, 0.1) is 5.92 Å². The highest BCUT2D eigenvalue weighted by atomic mass is 16.5. The lowest BCUT2D eigenvalue weighted by atomic mass is 10.2. The van der Waals surface area contributed by atoms with Crippen LogP contribution in [0.25, 0.3) is 0 Å². The number of carbonyl (C=O) groups excluding carboxylic acids is 1. The summed E-state index contributed by atoms with van der Waals surface area (Å²) < 4.78 is 5.58. The van der Waals surface area contributed by atoms with E-state index in [0.717, 1.165) is 17.9 Å². The molecule has 17 heavy (non-hydrogen) atoms. The Morgan fingerprint density at radius 1 is 1.29 bits per heavy atom. The van der Waals surface area contributed by atoms with Crippen LogP contribution in [0.5, 0.6) is 5.75 Å². The Morgan fingerprint density at radius 2 is 1.94 bits per heavy atom. The molecular weight excluding hydrogens is 214 g/mol. The van der Waals surface area contributed by atoms with Gasteiger partial charge in [0.1, 0.15) is 5.75 Å². The molecule has 1 aromatic rings. The average Bonchev–Trinajstić information content (AvgIpc) is 2.34. The quantitative estimate of drug-likeness (QED) is 0.823. The molecule has 1 aromatic carbocycles. The van der Waals surface area contributed by atoms with Gasteiger partial charge in [-0.25, -0.2) is 0 Å². The van der Waals surface area contributed by atoms with Crippen LogP contribution in [0.4, 0.5) is 0 Å². The second kappa shape index (κ2) is 6.94. The van der Waals surface area contributed by atoms with Gasteiger partial charge in [0.15, 0.2) is 0 Å². The fourth-order valence-electron chi connectivity index (χ4n) is 1.29. The Bertz CT molecular complexity index is 344. The second-order valence-electron chi connectivity index (χ2n) is 4.48. The van der Waals surface area contributed by atoms with Gasteiger partial charge in [0.25, 0.3) is 0 Å². The van der Waals surface area contributed by atoms with Crippen LogP contribution in [0.2, 0.25) is 0 Å². The maximum Gasteiger partial charge on any atom is 0.219 e. The van der Waals surface area contributed by atoms with Gasteiger partial charge < -0.3 is 10.1 Å². The summed E-state index contributed by atoms with van der Waals surface area (Å²) >= 11 is 0. The molecule has 0 aliphatic rings. The van der Waals surface area contributed by atoms with Crippen LogP contribution >= 0.6 is 0 Å². The molecule has 0 radical (unpaired) electrons. The van der Waals surface area contributed by atoms with E-state index in [1.165, 1.54) is 0 Å². The first-order valence-electron chi connectivity index (χ1n) is 6.10. The highest BCUT2D eigenvalue weighted by Crippen LogP contribution is 2.13. The summed E-state index contributed by atoms with van der Waals surface area (Å²) in [5.41, 5.74) is 1.09. The van der Waals surface area contributed by atoms with Crippen molar-refractivity contribution >= 4 is 5.91 Å². The third kappa shape index (κ3) is 5.38. The zero-order chi connectivity index (χ0) is 12.7. The number of nitrogens with one attached hydrogen (secondary N) is 1. The normalized spacial score (nSPS) is 10.4. The number of benzene rings is 1. The van der Waals surface area contributed by atoms with Gasteiger partial charge in [0.2, 0.25) is 5.91 Å². The molecule has 0 bridgehead atoms. The van der Waals surface area contributed by atoms with Crippen LogP contribution in [0.1, 0.15) is 32.8 Å². The molecule has 3 heteroatoms. The Labute approximate surface area is 103 Å². The summed E-state index contributed by atoms with van der Waals surface area (Å²) in [5, 5.41) is 2.84. The fraction of sp³-hybridized carbons (Fsp3) is 0.500. The van der Waals surface area contributed by atoms with E-state index in [-0.39, 0.29) is 5.91 Å². The summed E-state index contributed by atoms with van der Waals surface area (Å²) in [6.45, 7) is 7.39. The van der Waals surface area contributed by atoms with E-state index in [0.29, 0.717) is 18.9 Å². The molecule has 0 saturated heterocycles. The predicted octanol–water partition coefficient (Wildman–Crippen LogP) is 2.75. The minimum absolute atomic E-state index is 0.0742. The molecule has 0 unspecified atom stereocenters. The third-order valence-corrected chi connectivity index (χ3v) is 2.32. The van der Waals surface area contributed by atoms with Crippen LogP contribution in [0.15, 0.2) is 24.3 Å². The zero-order valence-electron chi connectivity index (χ0n) is 10.8. The van der Waals surface area contributed by atoms with E-state index in [4.69, 9.17) is 4.74 Å². The zero-order valence-corrected chi connectivity index (χ0v) is 10.8. The number of hydrogen-bond donors (Lipinski definition) is 1. The van der Waals surface area contributed by atoms with E-state index in [1.807, 2.05) is 31.2 Å². The van der Waals surface area contributed by atoms with Crippen molar-refractivity contribution in [1.82, 2.24) is 5.32 Å². The number of rotatable bonds is 6. The van der Waals surface area contributed by atoms with Crippen molar-refractivity contribution in [2.45, 2.75) is 33.7 Å². The van der Waals surface area contributed by atoms with Gasteiger partial charge in [-0.1, -0.05) is 32.9 Å². The molecule has 0 heterocycles. The standard InChI is InChI=1S/C14H21NO2/c1-4-14(16)15-9-12-5-7-13(8-6-12)17-10-11(2)3/h5-8,11H,4,9-10H2,1-3H3,(H,15,16). The second-order valence-corrected chi connectivity index (χ2v) is 4.48. The summed E-state index contributed by atoms with van der Waals surface area (Å²) in [4.78, 5) is 11.1. The lowest BCUT2D eigenvalue weighted by Crippen LogP contribution is -2.21. The van der Waals surface area contributed by atoms with E-state index < -0.39 is 0 Å². The van der Waals surface area contributed by atoms with Crippen LogP contribution < -0.4 is 10.1 Å². The third-order valence-electron chi connectivity index (χ3n) is 2.32. The minimum atomic E-state index is 0.0742. The molecular formula is C14H21NO2. The van der Waals surface area contributed by atoms with E-state index in [9.17, 15) is 4.79 Å². The van der Waals surface area contributed by atoms with Crippen molar-refractivity contribution in [3.63, 3.8) is 0 Å². The van der Waals surface area contributed by atoms with Crippen molar-refractivity contribution in [1.29, 1.82) is 0 Å². The Balaban J connectivity index is 2.42. The van der Waals surface area contributed by atoms with Crippen molar-refractivity contribution in [2.75, 3.05) is 6.61 Å². The lowest BCUT2D eigenvalue weighted by molar-refractivity contribution is -0.120. The largest absolute Gasteiger partial charge is 0.493 e. The Morgan fingerprint density at radius 3 is 2.47 bits per heavy atom. The Hall–Kier alpha value is -1.51. The lowest BCUT2D eigenvalue weighted by Gasteiger charge is -2.09. The highest BCUT2D eigenvalue weighted by molar-refractivity contribution is 5.75. The van der Waals surface area contributed by atoms with Gasteiger partial charge in [-0.05, 0) is 23.6 Å². The van der Waals surface area contributed by atoms with Crippen molar-refractivity contribution in [2.24, 2.45) is 5.92 Å². The first-order chi connectivity index (χ1) is 8.11. The van der Waals surface area contributed by atoms with Crippen LogP contribution in [-0.2, 0) is 11.3 Å². The average molecular weight is 235 g/mol. The molecule has 94 valence electrons. The molecule has 0 aromatic heterocycles. The van der Waals surface area contributed by atoms with Gasteiger partial charge in [-0.15, -0.1) is 0 Å². The van der Waals surface area contributed by atoms with Gasteiger partial charge >= 0.3 is 0 Å². The van der Waals surface area contributed by atoms with Gasteiger partial charge in [0.05, 0.1) is 6.61 Å². The van der Waals surface area contributed by atoms with Gasteiger partial charge in [-0.3, -0.25) is 4.79 Å². The maximum absolute atomic E-state index is 11.1. The number of amides is 1. The van der Waals surface area contributed by atoms with Crippen molar-refractivity contribution in [3.8, 4) is 5.75 Å². The first kappa shape index (κ1) is 13.6. The van der Waals surface area contributed by atoms with Crippen molar-refractivity contribution < 1.29 is 9.53 Å². The van der Waals surface area contributed by atoms with Crippen molar-refractivity contribution in [3.05, 3.63) is 29.8 Å². The molecule has 1 amide bonds. The molecule has 1 rings (SSSR count). The molecule has 3 nitrogen and oxygen atoms in total. The van der Waals surface area contributed by atoms with Gasteiger partial charge in [-0.2, -0.15) is 0 Å². The fourth-order valence-corrected chi connectivity index (χ4v) is 1.29. The van der Waals surface area contributed by atoms with E-state index in [1.54, 1.807) is 0 Å². The van der Waals surface area contributed by atoms with Gasteiger partial charge in [0, 0.05) is 13.0 Å². The summed E-state index contributed by atoms with van der Waals surface area (Å²) in [6, 6.07) is 7.84. The summed E-state index contributed by atoms with van der Waals surface area (Å²) in [7, 11) is 0. The Kier molecular flexibility index (Phi) is 5.53. The maximum atomic E-state index is 11.1. The number of carbonyl (C=O) groups is 1. The molecule has 1 N–H and O–H groups in total. The molecule has 0 fully saturated rings. The van der Waals surface area contributed by atoms with E-state index in [2.05, 4.69) is 19.2 Å². The predicted molar refractivity (Wildman–Crippen MR) is 68.9 cm³/mol. The monoisotopic (exact) mass is 235 g/mol. The molecule has 0 atom stereocenters. The van der Waals surface area contributed by atoms with Crippen LogP contribution in [-0.4, -0.2) is 12.5 Å². The minimum Gasteiger partial charge on any atom is -0.493 e. The summed E-state index contributed by atoms with van der Waals surface area (Å²) in [6.07, 6.45) is 0.523. The summed E-state index contributed by atoms with van der Waals surface area (Å²) in [5.74, 6) is 1.48. The molecule has 0 aliphatic heterocycles. The molecule has 0 saturated carbocycles. The van der Waals surface area contributed by atoms with E-state index >= 15 is 0 Å². The number of hydrogen-bond acceptors (Lipinski definition) is 2. The highest BCUT2D eigenvalue weighted by Gasteiger charge is 1.99. The first-order valence-corrected chi connectivity index (χ1v) is 6.10. The smallest absolute Gasteiger partial charge is 0.219 e.